The molecule has 1 unspecified atom stereocenters. The highest BCUT2D eigenvalue weighted by molar-refractivity contribution is 5.83. The number of nitrogens with zero attached hydrogens (tertiary/aromatic N) is 1. The summed E-state index contributed by atoms with van der Waals surface area (Å²) in [6.07, 6.45) is 0.297. The Labute approximate surface area is 66.8 Å². The first-order valence-corrected chi connectivity index (χ1v) is 3.70. The van der Waals surface area contributed by atoms with Crippen molar-refractivity contribution < 1.29 is 10.3 Å². The lowest BCUT2D eigenvalue weighted by molar-refractivity contribution is -0.116. The van der Waals surface area contributed by atoms with Gasteiger partial charge in [0.05, 0.1) is 9.24 Å². The van der Waals surface area contributed by atoms with E-state index in [1.807, 2.05) is 0 Å². The van der Waals surface area contributed by atoms with Crippen molar-refractivity contribution in [2.75, 3.05) is 13.0 Å². The third-order valence-electron chi connectivity index (χ3n) is 2.05. The van der Waals surface area contributed by atoms with Crippen molar-refractivity contribution in [1.82, 2.24) is 4.90 Å². The predicted molar refractivity (Wildman–Crippen MR) is 38.8 cm³/mol. The normalized spacial score (nSPS) is 50.4. The van der Waals surface area contributed by atoms with Crippen LogP contribution in [-0.2, 0) is 4.79 Å². The van der Waals surface area contributed by atoms with Crippen molar-refractivity contribution in [3.63, 3.8) is 0 Å². The highest BCUT2D eigenvalue weighted by atomic mass is 16.1. The van der Waals surface area contributed by atoms with Crippen LogP contribution < -0.4 is 0 Å². The summed E-state index contributed by atoms with van der Waals surface area (Å²) < 4.78 is 30.4. The molecule has 0 radical (unpaired) electrons. The van der Waals surface area contributed by atoms with Crippen LogP contribution in [0.2, 0.25) is 0 Å². The third kappa shape index (κ3) is 0.966. The first-order chi connectivity index (χ1) is 6.38. The van der Waals surface area contributed by atoms with E-state index in [4.69, 9.17) is 5.48 Å². The van der Waals surface area contributed by atoms with Crippen molar-refractivity contribution in [3.8, 4) is 0 Å². The fourth-order valence-electron chi connectivity index (χ4n) is 1.53. The van der Waals surface area contributed by atoms with Gasteiger partial charge >= 0.3 is 0 Å². The summed E-state index contributed by atoms with van der Waals surface area (Å²) in [6.45, 7) is -1.61. The number of carbonyl (C=O) groups is 1. The monoisotopic (exact) mass is 143 g/mol. The molecule has 2 fully saturated rings. The molecule has 0 N–H and O–H groups in total. The molecule has 2 saturated heterocycles. The summed E-state index contributed by atoms with van der Waals surface area (Å²) in [5, 5.41) is 0. The lowest BCUT2D eigenvalue weighted by atomic mass is 10.0. The Morgan fingerprint density at radius 1 is 1.60 bits per heavy atom. The third-order valence-corrected chi connectivity index (χ3v) is 2.05. The zero-order valence-corrected chi connectivity index (χ0v) is 5.76. The average molecular weight is 143 g/mol. The van der Waals surface area contributed by atoms with E-state index in [1.165, 1.54) is 4.90 Å². The van der Waals surface area contributed by atoms with Crippen molar-refractivity contribution in [2.45, 2.75) is 31.7 Å². The van der Waals surface area contributed by atoms with E-state index < -0.39 is 24.7 Å². The Hall–Kier alpha value is -0.370. The number of Topliss-reactive ketones (excluding diaryl/α,β-unsaturated/α-hetero) is 1. The predicted octanol–water partition coefficient (Wildman–Crippen LogP) is 0.814. The molecule has 10 heavy (non-hydrogen) atoms. The molecule has 2 rings (SSSR count). The van der Waals surface area contributed by atoms with Crippen molar-refractivity contribution >= 4 is 5.78 Å². The van der Waals surface area contributed by atoms with E-state index in [0.717, 1.165) is 12.8 Å². The lowest BCUT2D eigenvalue weighted by Crippen LogP contribution is -2.34. The maximum absolute atomic E-state index is 11.5. The Kier molecular flexibility index (Phi) is 0.787. The Morgan fingerprint density at radius 3 is 3.30 bits per heavy atom. The number of hydrogen-bond donors (Lipinski definition) is 0. The maximum Gasteiger partial charge on any atom is 0.148 e. The minimum Gasteiger partial charge on any atom is -0.298 e. The van der Waals surface area contributed by atoms with E-state index in [9.17, 15) is 4.79 Å². The fraction of sp³-hybridized carbons (Fsp3) is 0.875. The van der Waals surface area contributed by atoms with Crippen LogP contribution in [0.1, 0.15) is 31.1 Å². The number of fused-ring (bicyclic) bond motifs is 1. The van der Waals surface area contributed by atoms with Gasteiger partial charge < -0.3 is 0 Å². The minimum absolute atomic E-state index is 0.489. The number of hydrogen-bond acceptors (Lipinski definition) is 2. The van der Waals surface area contributed by atoms with E-state index in [1.54, 1.807) is 0 Å². The van der Waals surface area contributed by atoms with Crippen molar-refractivity contribution in [3.05, 3.63) is 0 Å². The van der Waals surface area contributed by atoms with Crippen molar-refractivity contribution in [1.29, 1.82) is 0 Å². The van der Waals surface area contributed by atoms with E-state index in [2.05, 4.69) is 0 Å². The molecule has 0 aromatic carbocycles. The second-order valence-corrected chi connectivity index (χ2v) is 2.79. The zero-order valence-electron chi connectivity index (χ0n) is 9.76. The fourth-order valence-corrected chi connectivity index (χ4v) is 1.53. The molecule has 56 valence electrons. The molecule has 2 heterocycles. The first kappa shape index (κ1) is 3.35. The van der Waals surface area contributed by atoms with Crippen LogP contribution in [0.25, 0.3) is 0 Å². The van der Waals surface area contributed by atoms with Crippen LogP contribution in [0, 0.1) is 0 Å². The summed E-state index contributed by atoms with van der Waals surface area (Å²) >= 11 is 0. The Bertz CT molecular complexity index is 253. The molecule has 0 aromatic rings. The molecular formula is C8H13NO. The van der Waals surface area contributed by atoms with Gasteiger partial charge in [-0.2, -0.15) is 0 Å². The molecule has 0 aliphatic carbocycles. The SMILES string of the molecule is [2H]C1([2H])C(=O)C([2H])([2H])N2CCCCC21. The van der Waals surface area contributed by atoms with Gasteiger partial charge in [0.1, 0.15) is 5.78 Å². The number of piperidine rings is 1. The van der Waals surface area contributed by atoms with Crippen molar-refractivity contribution in [2.24, 2.45) is 0 Å². The number of ketones is 1. The van der Waals surface area contributed by atoms with Gasteiger partial charge in [-0.1, -0.05) is 6.42 Å². The summed E-state index contributed by atoms with van der Waals surface area (Å²) in [5.41, 5.74) is 0. The molecule has 2 heteroatoms. The van der Waals surface area contributed by atoms with E-state index in [-0.39, 0.29) is 0 Å². The van der Waals surface area contributed by atoms with E-state index >= 15 is 0 Å². The summed E-state index contributed by atoms with van der Waals surface area (Å²) in [7, 11) is 0. The van der Waals surface area contributed by atoms with Gasteiger partial charge in [-0.05, 0) is 19.4 Å². The smallest absolute Gasteiger partial charge is 0.148 e. The van der Waals surface area contributed by atoms with Crippen LogP contribution >= 0.6 is 0 Å². The molecule has 0 amide bonds. The molecule has 0 spiro atoms. The molecule has 2 aliphatic heterocycles. The highest BCUT2D eigenvalue weighted by Crippen LogP contribution is 2.24. The molecule has 0 bridgehead atoms. The summed E-state index contributed by atoms with van der Waals surface area (Å²) in [5.74, 6) is -0.906. The van der Waals surface area contributed by atoms with Crippen LogP contribution in [0.4, 0.5) is 0 Å². The minimum atomic E-state index is -2.10. The Morgan fingerprint density at radius 2 is 2.50 bits per heavy atom. The first-order valence-electron chi connectivity index (χ1n) is 5.70. The van der Waals surface area contributed by atoms with Crippen LogP contribution in [0.15, 0.2) is 0 Å². The topological polar surface area (TPSA) is 20.3 Å². The number of carbonyl (C=O) groups excluding carboxylic acids is 1. The quantitative estimate of drug-likeness (QED) is 0.500. The van der Waals surface area contributed by atoms with Crippen LogP contribution in [0.3, 0.4) is 0 Å². The van der Waals surface area contributed by atoms with E-state index in [0.29, 0.717) is 13.0 Å². The molecule has 0 saturated carbocycles. The summed E-state index contributed by atoms with van der Waals surface area (Å²) in [4.78, 5) is 12.9. The molecular weight excluding hydrogens is 126 g/mol. The van der Waals surface area contributed by atoms with Crippen LogP contribution in [-0.4, -0.2) is 29.8 Å². The van der Waals surface area contributed by atoms with Gasteiger partial charge in [0, 0.05) is 15.2 Å². The standard InChI is InChI=1S/C8H13NO/c10-8-5-7-3-1-2-4-9(7)6-8/h7H,1-6H2/i5D2,6D2. The van der Waals surface area contributed by atoms with Gasteiger partial charge in [0.2, 0.25) is 0 Å². The molecule has 2 nitrogen and oxygen atoms in total. The second-order valence-electron chi connectivity index (χ2n) is 2.79. The Balaban J connectivity index is 2.39. The highest BCUT2D eigenvalue weighted by Gasteiger charge is 2.31. The van der Waals surface area contributed by atoms with Gasteiger partial charge in [-0.15, -0.1) is 0 Å². The average Bonchev–Trinajstić information content (AvgIpc) is 2.28. The lowest BCUT2D eigenvalue weighted by Gasteiger charge is -2.27. The van der Waals surface area contributed by atoms with Crippen LogP contribution in [0.5, 0.6) is 0 Å². The summed E-state index contributed by atoms with van der Waals surface area (Å²) in [6, 6.07) is -0.557. The van der Waals surface area contributed by atoms with Gasteiger partial charge in [-0.3, -0.25) is 9.69 Å². The second kappa shape index (κ2) is 2.35. The molecule has 0 aromatic heterocycles. The zero-order chi connectivity index (χ0) is 10.6. The van der Waals surface area contributed by atoms with Gasteiger partial charge in [0.25, 0.3) is 0 Å². The largest absolute Gasteiger partial charge is 0.298 e. The van der Waals surface area contributed by atoms with Gasteiger partial charge in [0.15, 0.2) is 0 Å². The number of rotatable bonds is 0. The molecule has 2 aliphatic rings. The maximum atomic E-state index is 11.5. The van der Waals surface area contributed by atoms with Gasteiger partial charge in [-0.25, -0.2) is 0 Å². The molecule has 1 atom stereocenters.